The third-order valence-corrected chi connectivity index (χ3v) is 2.39. The summed E-state index contributed by atoms with van der Waals surface area (Å²) in [6, 6.07) is 4.49. The number of hydrogen-bond donors (Lipinski definition) is 0. The molecule has 1 unspecified atom stereocenters. The van der Waals surface area contributed by atoms with Crippen LogP contribution in [0.1, 0.15) is 10.9 Å². The minimum Gasteiger partial charge on any atom is -0.493 e. The van der Waals surface area contributed by atoms with E-state index < -0.39 is 11.8 Å². The molecule has 0 saturated heterocycles. The fourth-order valence-corrected chi connectivity index (χ4v) is 1.31. The first-order chi connectivity index (χ1) is 7.10. The molecule has 1 atom stereocenters. The zero-order valence-electron chi connectivity index (χ0n) is 8.34. The van der Waals surface area contributed by atoms with Crippen LogP contribution in [-0.4, -0.2) is 20.6 Å². The standard InChI is InChI=1S/C10H11ClF2O2/c1-14-7-4-3-6(5-8(7)15-2)9(11)10(12)13/h3-5,9-10H,1-2H3. The first-order valence-corrected chi connectivity index (χ1v) is 4.68. The second-order valence-electron chi connectivity index (χ2n) is 2.85. The molecule has 0 spiro atoms. The van der Waals surface area contributed by atoms with E-state index in [0.717, 1.165) is 0 Å². The van der Waals surface area contributed by atoms with Gasteiger partial charge in [-0.3, -0.25) is 0 Å². The number of rotatable bonds is 4. The molecule has 0 aliphatic carbocycles. The third kappa shape index (κ3) is 2.72. The van der Waals surface area contributed by atoms with E-state index in [2.05, 4.69) is 0 Å². The van der Waals surface area contributed by atoms with Crippen LogP contribution in [-0.2, 0) is 0 Å². The molecule has 0 bridgehead atoms. The maximum absolute atomic E-state index is 12.3. The van der Waals surface area contributed by atoms with Crippen molar-refractivity contribution in [2.24, 2.45) is 0 Å². The molecule has 0 aliphatic rings. The first-order valence-electron chi connectivity index (χ1n) is 4.24. The molecule has 0 heterocycles. The Labute approximate surface area is 91.8 Å². The molecule has 2 nitrogen and oxygen atoms in total. The summed E-state index contributed by atoms with van der Waals surface area (Å²) < 4.78 is 34.6. The van der Waals surface area contributed by atoms with Gasteiger partial charge in [0, 0.05) is 0 Å². The Morgan fingerprint density at radius 3 is 2.20 bits per heavy atom. The Morgan fingerprint density at radius 1 is 1.13 bits per heavy atom. The van der Waals surface area contributed by atoms with Crippen molar-refractivity contribution in [1.29, 1.82) is 0 Å². The molecule has 0 aliphatic heterocycles. The van der Waals surface area contributed by atoms with Crippen LogP contribution in [0.5, 0.6) is 11.5 Å². The Hall–Kier alpha value is -1.03. The van der Waals surface area contributed by atoms with E-state index in [4.69, 9.17) is 21.1 Å². The van der Waals surface area contributed by atoms with Gasteiger partial charge in [0.15, 0.2) is 11.5 Å². The number of benzene rings is 1. The predicted molar refractivity (Wildman–Crippen MR) is 54.1 cm³/mol. The van der Waals surface area contributed by atoms with Crippen LogP contribution in [0.2, 0.25) is 0 Å². The molecule has 84 valence electrons. The van der Waals surface area contributed by atoms with Gasteiger partial charge in [0.2, 0.25) is 0 Å². The average Bonchev–Trinajstić information content (AvgIpc) is 2.26. The van der Waals surface area contributed by atoms with E-state index in [1.165, 1.54) is 26.4 Å². The number of ether oxygens (including phenoxy) is 2. The summed E-state index contributed by atoms with van der Waals surface area (Å²) in [5.74, 6) is 0.876. The van der Waals surface area contributed by atoms with Crippen molar-refractivity contribution >= 4 is 11.6 Å². The van der Waals surface area contributed by atoms with Crippen molar-refractivity contribution in [3.63, 3.8) is 0 Å². The van der Waals surface area contributed by atoms with Crippen LogP contribution in [0.25, 0.3) is 0 Å². The Bertz CT molecular complexity index is 331. The quantitative estimate of drug-likeness (QED) is 0.747. The lowest BCUT2D eigenvalue weighted by molar-refractivity contribution is 0.143. The van der Waals surface area contributed by atoms with E-state index in [1.54, 1.807) is 6.07 Å². The van der Waals surface area contributed by atoms with Crippen molar-refractivity contribution in [1.82, 2.24) is 0 Å². The molecule has 1 aromatic carbocycles. The van der Waals surface area contributed by atoms with E-state index in [9.17, 15) is 8.78 Å². The summed E-state index contributed by atoms with van der Waals surface area (Å²) in [6.07, 6.45) is -2.61. The molecule has 0 saturated carbocycles. The lowest BCUT2D eigenvalue weighted by Gasteiger charge is -2.12. The van der Waals surface area contributed by atoms with Crippen LogP contribution in [0.4, 0.5) is 8.78 Å². The lowest BCUT2D eigenvalue weighted by Crippen LogP contribution is -2.02. The maximum atomic E-state index is 12.3. The van der Waals surface area contributed by atoms with Crippen molar-refractivity contribution < 1.29 is 18.3 Å². The lowest BCUT2D eigenvalue weighted by atomic mass is 10.1. The topological polar surface area (TPSA) is 18.5 Å². The van der Waals surface area contributed by atoms with E-state index >= 15 is 0 Å². The zero-order valence-corrected chi connectivity index (χ0v) is 9.09. The third-order valence-electron chi connectivity index (χ3n) is 1.95. The Morgan fingerprint density at radius 2 is 1.73 bits per heavy atom. The fourth-order valence-electron chi connectivity index (χ4n) is 1.17. The highest BCUT2D eigenvalue weighted by molar-refractivity contribution is 6.21. The van der Waals surface area contributed by atoms with Crippen molar-refractivity contribution in [2.75, 3.05) is 14.2 Å². The number of methoxy groups -OCH3 is 2. The SMILES string of the molecule is COc1ccc(C(Cl)C(F)F)cc1OC. The second-order valence-corrected chi connectivity index (χ2v) is 3.32. The van der Waals surface area contributed by atoms with Gasteiger partial charge < -0.3 is 9.47 Å². The minimum atomic E-state index is -2.61. The largest absolute Gasteiger partial charge is 0.493 e. The number of halogens is 3. The molecule has 5 heteroatoms. The summed E-state index contributed by atoms with van der Waals surface area (Å²) in [7, 11) is 2.91. The van der Waals surface area contributed by atoms with Crippen LogP contribution in [0.15, 0.2) is 18.2 Å². The van der Waals surface area contributed by atoms with Gasteiger partial charge in [-0.25, -0.2) is 8.78 Å². The van der Waals surface area contributed by atoms with Gasteiger partial charge in [0.25, 0.3) is 6.43 Å². The van der Waals surface area contributed by atoms with E-state index in [0.29, 0.717) is 17.1 Å². The molecule has 1 rings (SSSR count). The average molecular weight is 237 g/mol. The molecule has 0 aromatic heterocycles. The minimum absolute atomic E-state index is 0.310. The summed E-state index contributed by atoms with van der Waals surface area (Å²) in [4.78, 5) is 0. The van der Waals surface area contributed by atoms with Crippen molar-refractivity contribution in [3.05, 3.63) is 23.8 Å². The molecular formula is C10H11ClF2O2. The maximum Gasteiger partial charge on any atom is 0.258 e. The van der Waals surface area contributed by atoms with Gasteiger partial charge in [0.1, 0.15) is 5.38 Å². The molecule has 0 amide bonds. The van der Waals surface area contributed by atoms with Crippen LogP contribution >= 0.6 is 11.6 Å². The molecule has 0 radical (unpaired) electrons. The van der Waals surface area contributed by atoms with Gasteiger partial charge in [-0.1, -0.05) is 6.07 Å². The van der Waals surface area contributed by atoms with Crippen molar-refractivity contribution in [2.45, 2.75) is 11.8 Å². The van der Waals surface area contributed by atoms with Crippen LogP contribution < -0.4 is 9.47 Å². The van der Waals surface area contributed by atoms with Crippen LogP contribution in [0.3, 0.4) is 0 Å². The highest BCUT2D eigenvalue weighted by Gasteiger charge is 2.20. The molecule has 15 heavy (non-hydrogen) atoms. The summed E-state index contributed by atoms with van der Waals surface area (Å²) >= 11 is 5.52. The highest BCUT2D eigenvalue weighted by atomic mass is 35.5. The Balaban J connectivity index is 3.02. The smallest absolute Gasteiger partial charge is 0.258 e. The summed E-state index contributed by atoms with van der Waals surface area (Å²) in [6.45, 7) is 0. The van der Waals surface area contributed by atoms with Gasteiger partial charge in [-0.2, -0.15) is 0 Å². The van der Waals surface area contributed by atoms with Gasteiger partial charge >= 0.3 is 0 Å². The van der Waals surface area contributed by atoms with Gasteiger partial charge in [-0.05, 0) is 17.7 Å². The first kappa shape index (κ1) is 12.0. The van der Waals surface area contributed by atoms with E-state index in [1.807, 2.05) is 0 Å². The number of hydrogen-bond acceptors (Lipinski definition) is 2. The molecule has 0 fully saturated rings. The number of alkyl halides is 3. The van der Waals surface area contributed by atoms with Crippen LogP contribution in [0, 0.1) is 0 Å². The van der Waals surface area contributed by atoms with Gasteiger partial charge in [-0.15, -0.1) is 11.6 Å². The molecule has 1 aromatic rings. The normalized spacial score (nSPS) is 12.7. The fraction of sp³-hybridized carbons (Fsp3) is 0.400. The molecule has 0 N–H and O–H groups in total. The molecular weight excluding hydrogens is 226 g/mol. The van der Waals surface area contributed by atoms with Gasteiger partial charge in [0.05, 0.1) is 14.2 Å². The zero-order chi connectivity index (χ0) is 11.4. The monoisotopic (exact) mass is 236 g/mol. The predicted octanol–water partition coefficient (Wildman–Crippen LogP) is 3.25. The Kier molecular flexibility index (Phi) is 4.15. The highest BCUT2D eigenvalue weighted by Crippen LogP contribution is 2.34. The summed E-state index contributed by atoms with van der Waals surface area (Å²) in [5, 5.41) is -1.33. The van der Waals surface area contributed by atoms with E-state index in [-0.39, 0.29) is 0 Å². The summed E-state index contributed by atoms with van der Waals surface area (Å²) in [5.41, 5.74) is 0.310. The van der Waals surface area contributed by atoms with Crippen molar-refractivity contribution in [3.8, 4) is 11.5 Å². The second kappa shape index (κ2) is 5.16.